The second kappa shape index (κ2) is 9.16. The van der Waals surface area contributed by atoms with Crippen LogP contribution in [0.1, 0.15) is 24.0 Å². The van der Waals surface area contributed by atoms with Crippen LogP contribution < -0.4 is 10.6 Å². The van der Waals surface area contributed by atoms with E-state index in [0.717, 1.165) is 18.1 Å². The van der Waals surface area contributed by atoms with Crippen LogP contribution in [0.3, 0.4) is 0 Å². The zero-order valence-corrected chi connectivity index (χ0v) is 17.2. The van der Waals surface area contributed by atoms with Crippen LogP contribution in [0, 0.1) is 0 Å². The minimum Gasteiger partial charge on any atom is -0.356 e. The molecule has 142 valence electrons. The van der Waals surface area contributed by atoms with Crippen molar-refractivity contribution in [3.05, 3.63) is 52.2 Å². The molecule has 2 rings (SSSR count). The maximum absolute atomic E-state index is 12.1. The second-order valence-corrected chi connectivity index (χ2v) is 9.13. The molecule has 0 saturated carbocycles. The monoisotopic (exact) mass is 394 g/mol. The lowest BCUT2D eigenvalue weighted by molar-refractivity contribution is 0.520. The summed E-state index contributed by atoms with van der Waals surface area (Å²) >= 11 is 1.70. The quantitative estimate of drug-likeness (QED) is 0.559. The van der Waals surface area contributed by atoms with Gasteiger partial charge in [0, 0.05) is 34.2 Å². The highest BCUT2D eigenvalue weighted by atomic mass is 32.2. The van der Waals surface area contributed by atoms with Crippen molar-refractivity contribution >= 4 is 27.3 Å². The first-order valence-corrected chi connectivity index (χ1v) is 10.7. The summed E-state index contributed by atoms with van der Waals surface area (Å²) in [5.41, 5.74) is 2.30. The Morgan fingerprint density at radius 1 is 1.19 bits per heavy atom. The molecule has 26 heavy (non-hydrogen) atoms. The molecule has 2 aromatic rings. The maximum Gasteiger partial charge on any atom is 0.242 e. The molecule has 0 radical (unpaired) electrons. The number of nitrogens with one attached hydrogen (secondary N) is 2. The van der Waals surface area contributed by atoms with Crippen molar-refractivity contribution in [3.63, 3.8) is 0 Å². The van der Waals surface area contributed by atoms with E-state index in [2.05, 4.69) is 39.4 Å². The third-order valence-corrected chi connectivity index (χ3v) is 6.60. The predicted octanol–water partition coefficient (Wildman–Crippen LogP) is 2.47. The lowest BCUT2D eigenvalue weighted by Crippen LogP contribution is -2.38. The lowest BCUT2D eigenvalue weighted by Gasteiger charge is -2.16. The molecule has 1 aromatic carbocycles. The number of benzene rings is 1. The zero-order valence-electron chi connectivity index (χ0n) is 15.6. The van der Waals surface area contributed by atoms with Gasteiger partial charge in [0.1, 0.15) is 0 Å². The van der Waals surface area contributed by atoms with Gasteiger partial charge < -0.3 is 10.6 Å². The SMILES string of the molecule is CN=C(NCc1ccc(S(=O)(=O)N(C)C)cc1)NCC(C)c1ccsc1. The summed E-state index contributed by atoms with van der Waals surface area (Å²) in [7, 11) is 1.39. The van der Waals surface area contributed by atoms with E-state index in [9.17, 15) is 8.42 Å². The van der Waals surface area contributed by atoms with Crippen LogP contribution in [-0.4, -0.2) is 46.4 Å². The Morgan fingerprint density at radius 3 is 2.42 bits per heavy atom. The molecular formula is C18H26N4O2S2. The van der Waals surface area contributed by atoms with E-state index in [1.54, 1.807) is 30.5 Å². The zero-order chi connectivity index (χ0) is 19.2. The average Bonchev–Trinajstić information content (AvgIpc) is 3.16. The molecule has 0 amide bonds. The third kappa shape index (κ3) is 5.30. The van der Waals surface area contributed by atoms with Crippen LogP contribution in [0.5, 0.6) is 0 Å². The smallest absolute Gasteiger partial charge is 0.242 e. The van der Waals surface area contributed by atoms with Crippen LogP contribution in [0.4, 0.5) is 0 Å². The largest absolute Gasteiger partial charge is 0.356 e. The van der Waals surface area contributed by atoms with E-state index in [4.69, 9.17) is 0 Å². The van der Waals surface area contributed by atoms with Gasteiger partial charge in [-0.2, -0.15) is 11.3 Å². The van der Waals surface area contributed by atoms with Gasteiger partial charge in [0.2, 0.25) is 10.0 Å². The summed E-state index contributed by atoms with van der Waals surface area (Å²) in [5, 5.41) is 10.8. The molecule has 1 aromatic heterocycles. The summed E-state index contributed by atoms with van der Waals surface area (Å²) in [6.45, 7) is 3.53. The van der Waals surface area contributed by atoms with Crippen molar-refractivity contribution in [1.82, 2.24) is 14.9 Å². The highest BCUT2D eigenvalue weighted by Gasteiger charge is 2.16. The summed E-state index contributed by atoms with van der Waals surface area (Å²) in [5.74, 6) is 1.12. The maximum atomic E-state index is 12.1. The molecule has 1 atom stereocenters. The molecule has 1 heterocycles. The van der Waals surface area contributed by atoms with Crippen molar-refractivity contribution in [2.45, 2.75) is 24.3 Å². The molecule has 0 aliphatic heterocycles. The molecule has 8 heteroatoms. The standard InChI is InChI=1S/C18H26N4O2S2/c1-14(16-9-10-25-13-16)11-20-18(19-2)21-12-15-5-7-17(8-6-15)26(23,24)22(3)4/h5-10,13-14H,11-12H2,1-4H3,(H2,19,20,21). The van der Waals surface area contributed by atoms with Gasteiger partial charge >= 0.3 is 0 Å². The van der Waals surface area contributed by atoms with E-state index >= 15 is 0 Å². The summed E-state index contributed by atoms with van der Waals surface area (Å²) in [6, 6.07) is 9.01. The molecule has 6 nitrogen and oxygen atoms in total. The number of thiophene rings is 1. The highest BCUT2D eigenvalue weighted by molar-refractivity contribution is 7.89. The van der Waals surface area contributed by atoms with Crippen LogP contribution in [0.25, 0.3) is 0 Å². The van der Waals surface area contributed by atoms with Gasteiger partial charge in [-0.1, -0.05) is 19.1 Å². The van der Waals surface area contributed by atoms with Crippen LogP contribution in [-0.2, 0) is 16.6 Å². The Balaban J connectivity index is 1.88. The van der Waals surface area contributed by atoms with Gasteiger partial charge in [0.15, 0.2) is 5.96 Å². The minimum atomic E-state index is -3.39. The van der Waals surface area contributed by atoms with E-state index in [1.165, 1.54) is 24.0 Å². The van der Waals surface area contributed by atoms with Gasteiger partial charge in [0.05, 0.1) is 4.90 Å². The van der Waals surface area contributed by atoms with Crippen molar-refractivity contribution in [2.24, 2.45) is 4.99 Å². The van der Waals surface area contributed by atoms with Crippen LogP contribution >= 0.6 is 11.3 Å². The van der Waals surface area contributed by atoms with Gasteiger partial charge in [-0.05, 0) is 46.0 Å². The summed E-state index contributed by atoms with van der Waals surface area (Å²) in [6.07, 6.45) is 0. The highest BCUT2D eigenvalue weighted by Crippen LogP contribution is 2.17. The average molecular weight is 395 g/mol. The number of hydrogen-bond acceptors (Lipinski definition) is 4. The van der Waals surface area contributed by atoms with E-state index in [1.807, 2.05) is 12.1 Å². The third-order valence-electron chi connectivity index (χ3n) is 4.07. The fraction of sp³-hybridized carbons (Fsp3) is 0.389. The van der Waals surface area contributed by atoms with E-state index in [-0.39, 0.29) is 0 Å². The second-order valence-electron chi connectivity index (χ2n) is 6.20. The number of nitrogens with zero attached hydrogens (tertiary/aromatic N) is 2. The number of rotatable bonds is 7. The fourth-order valence-electron chi connectivity index (χ4n) is 2.32. The van der Waals surface area contributed by atoms with Gasteiger partial charge in [-0.15, -0.1) is 0 Å². The summed E-state index contributed by atoms with van der Waals surface area (Å²) in [4.78, 5) is 4.52. The first kappa shape index (κ1) is 20.4. The van der Waals surface area contributed by atoms with Crippen molar-refractivity contribution in [3.8, 4) is 0 Å². The number of aliphatic imine (C=N–C) groups is 1. The lowest BCUT2D eigenvalue weighted by atomic mass is 10.1. The van der Waals surface area contributed by atoms with Gasteiger partial charge in [0.25, 0.3) is 0 Å². The molecule has 0 aliphatic rings. The Bertz CT molecular complexity index is 813. The van der Waals surface area contributed by atoms with Crippen LogP contribution in [0.15, 0.2) is 51.0 Å². The molecule has 0 fully saturated rings. The first-order valence-electron chi connectivity index (χ1n) is 8.32. The fourth-order valence-corrected chi connectivity index (χ4v) is 4.00. The molecule has 2 N–H and O–H groups in total. The molecule has 0 aliphatic carbocycles. The van der Waals surface area contributed by atoms with E-state index < -0.39 is 10.0 Å². The normalized spacial score (nSPS) is 13.7. The molecule has 0 bridgehead atoms. The topological polar surface area (TPSA) is 73.8 Å². The minimum absolute atomic E-state index is 0.290. The molecule has 0 spiro atoms. The molecular weight excluding hydrogens is 368 g/mol. The van der Waals surface area contributed by atoms with Crippen LogP contribution in [0.2, 0.25) is 0 Å². The Morgan fingerprint density at radius 2 is 1.88 bits per heavy atom. The predicted molar refractivity (Wildman–Crippen MR) is 108 cm³/mol. The Labute approximate surface area is 160 Å². The molecule has 1 unspecified atom stereocenters. The van der Waals surface area contributed by atoms with Crippen molar-refractivity contribution in [1.29, 1.82) is 0 Å². The number of hydrogen-bond donors (Lipinski definition) is 2. The first-order chi connectivity index (χ1) is 12.3. The van der Waals surface area contributed by atoms with Crippen molar-refractivity contribution in [2.75, 3.05) is 27.7 Å². The van der Waals surface area contributed by atoms with Crippen molar-refractivity contribution < 1.29 is 8.42 Å². The Kier molecular flexibility index (Phi) is 7.19. The van der Waals surface area contributed by atoms with Gasteiger partial charge in [-0.25, -0.2) is 12.7 Å². The summed E-state index contributed by atoms with van der Waals surface area (Å²) < 4.78 is 25.4. The number of guanidine groups is 1. The van der Waals surface area contributed by atoms with E-state index in [0.29, 0.717) is 17.4 Å². The molecule has 0 saturated heterocycles. The number of sulfonamides is 1. The van der Waals surface area contributed by atoms with Gasteiger partial charge in [-0.3, -0.25) is 4.99 Å². The Hall–Kier alpha value is -1.90.